The van der Waals surface area contributed by atoms with Crippen molar-refractivity contribution >= 4 is 5.91 Å². The number of nitrogens with zero attached hydrogens (tertiary/aromatic N) is 1. The van der Waals surface area contributed by atoms with Gasteiger partial charge in [0.1, 0.15) is 0 Å². The zero-order valence-electron chi connectivity index (χ0n) is 9.93. The van der Waals surface area contributed by atoms with E-state index in [1.807, 2.05) is 6.07 Å². The van der Waals surface area contributed by atoms with Gasteiger partial charge in [-0.2, -0.15) is 0 Å². The Morgan fingerprint density at radius 3 is 2.76 bits per heavy atom. The third kappa shape index (κ3) is 2.20. The Labute approximate surface area is 102 Å². The molecular formula is C14H18N2O. The van der Waals surface area contributed by atoms with E-state index in [-0.39, 0.29) is 5.91 Å². The largest absolute Gasteiger partial charge is 0.354 e. The Hall–Kier alpha value is -1.35. The first-order valence-electron chi connectivity index (χ1n) is 6.39. The molecule has 3 rings (SSSR count). The van der Waals surface area contributed by atoms with Crippen molar-refractivity contribution in [2.24, 2.45) is 0 Å². The van der Waals surface area contributed by atoms with Crippen molar-refractivity contribution in [3.63, 3.8) is 0 Å². The van der Waals surface area contributed by atoms with Gasteiger partial charge in [0.05, 0.1) is 0 Å². The van der Waals surface area contributed by atoms with Crippen LogP contribution in [0.4, 0.5) is 0 Å². The summed E-state index contributed by atoms with van der Waals surface area (Å²) in [6.07, 6.45) is 3.06. The van der Waals surface area contributed by atoms with Crippen LogP contribution in [0.25, 0.3) is 0 Å². The number of rotatable bonds is 2. The lowest BCUT2D eigenvalue weighted by atomic mass is 10.1. The Bertz CT molecular complexity index is 404. The Morgan fingerprint density at radius 1 is 1.18 bits per heavy atom. The van der Waals surface area contributed by atoms with E-state index >= 15 is 0 Å². The van der Waals surface area contributed by atoms with Crippen molar-refractivity contribution in [3.05, 3.63) is 35.9 Å². The molecule has 0 spiro atoms. The number of hydrogen-bond donors (Lipinski definition) is 1. The van der Waals surface area contributed by atoms with Crippen LogP contribution in [0.5, 0.6) is 0 Å². The standard InChI is InChI=1S/C14H18N2O/c17-14-8-12-6-7-13(9-15-14)16(12)10-11-4-2-1-3-5-11/h1-5,12-13H,6-10H2,(H,15,17)/t12-,13+/m1/s1. The van der Waals surface area contributed by atoms with Crippen molar-refractivity contribution in [2.75, 3.05) is 6.54 Å². The quantitative estimate of drug-likeness (QED) is 0.836. The number of carbonyl (C=O) groups is 1. The van der Waals surface area contributed by atoms with E-state index in [9.17, 15) is 4.79 Å². The summed E-state index contributed by atoms with van der Waals surface area (Å²) in [6, 6.07) is 11.5. The highest BCUT2D eigenvalue weighted by molar-refractivity contribution is 5.77. The van der Waals surface area contributed by atoms with Gasteiger partial charge in [0, 0.05) is 31.6 Å². The number of amides is 1. The molecule has 3 nitrogen and oxygen atoms in total. The smallest absolute Gasteiger partial charge is 0.221 e. The van der Waals surface area contributed by atoms with E-state index in [1.165, 1.54) is 18.4 Å². The number of nitrogens with one attached hydrogen (secondary N) is 1. The second-order valence-electron chi connectivity index (χ2n) is 5.05. The van der Waals surface area contributed by atoms with Crippen molar-refractivity contribution in [1.29, 1.82) is 0 Å². The Balaban J connectivity index is 1.76. The van der Waals surface area contributed by atoms with Crippen LogP contribution >= 0.6 is 0 Å². The maximum absolute atomic E-state index is 11.5. The lowest BCUT2D eigenvalue weighted by Gasteiger charge is -2.27. The van der Waals surface area contributed by atoms with Gasteiger partial charge in [0.25, 0.3) is 0 Å². The molecule has 1 N–H and O–H groups in total. The first kappa shape index (κ1) is 10.8. The first-order valence-corrected chi connectivity index (χ1v) is 6.39. The van der Waals surface area contributed by atoms with Crippen molar-refractivity contribution < 1.29 is 4.79 Å². The molecule has 2 aliphatic heterocycles. The molecule has 1 aromatic rings. The summed E-state index contributed by atoms with van der Waals surface area (Å²) < 4.78 is 0. The van der Waals surface area contributed by atoms with Crippen LogP contribution in [0.15, 0.2) is 30.3 Å². The molecule has 0 radical (unpaired) electrons. The second-order valence-corrected chi connectivity index (χ2v) is 5.05. The highest BCUT2D eigenvalue weighted by atomic mass is 16.1. The van der Waals surface area contributed by atoms with Gasteiger partial charge in [-0.25, -0.2) is 0 Å². The van der Waals surface area contributed by atoms with E-state index < -0.39 is 0 Å². The maximum atomic E-state index is 11.5. The molecule has 2 heterocycles. The van der Waals surface area contributed by atoms with Gasteiger partial charge >= 0.3 is 0 Å². The fraction of sp³-hybridized carbons (Fsp3) is 0.500. The lowest BCUT2D eigenvalue weighted by molar-refractivity contribution is -0.121. The molecule has 2 bridgehead atoms. The van der Waals surface area contributed by atoms with Crippen LogP contribution in [0.3, 0.4) is 0 Å². The summed E-state index contributed by atoms with van der Waals surface area (Å²) in [5.41, 5.74) is 1.35. The van der Waals surface area contributed by atoms with E-state index in [1.54, 1.807) is 0 Å². The van der Waals surface area contributed by atoms with Crippen LogP contribution in [0.2, 0.25) is 0 Å². The number of benzene rings is 1. The van der Waals surface area contributed by atoms with E-state index in [2.05, 4.69) is 34.5 Å². The Morgan fingerprint density at radius 2 is 1.94 bits per heavy atom. The minimum absolute atomic E-state index is 0.218. The fourth-order valence-corrected chi connectivity index (χ4v) is 3.02. The van der Waals surface area contributed by atoms with E-state index in [0.717, 1.165) is 13.1 Å². The average molecular weight is 230 g/mol. The summed E-state index contributed by atoms with van der Waals surface area (Å²) in [5.74, 6) is 0.218. The monoisotopic (exact) mass is 230 g/mol. The van der Waals surface area contributed by atoms with Gasteiger partial charge in [-0.1, -0.05) is 30.3 Å². The minimum atomic E-state index is 0.218. The van der Waals surface area contributed by atoms with Crippen LogP contribution in [0.1, 0.15) is 24.8 Å². The summed E-state index contributed by atoms with van der Waals surface area (Å²) in [4.78, 5) is 14.0. The van der Waals surface area contributed by atoms with Crippen LogP contribution in [-0.4, -0.2) is 29.4 Å². The zero-order valence-corrected chi connectivity index (χ0v) is 9.93. The summed E-state index contributed by atoms with van der Waals surface area (Å²) >= 11 is 0. The van der Waals surface area contributed by atoms with Gasteiger partial charge in [-0.3, -0.25) is 9.69 Å². The van der Waals surface area contributed by atoms with Crippen molar-refractivity contribution in [2.45, 2.75) is 37.9 Å². The molecule has 1 aromatic carbocycles. The predicted octanol–water partition coefficient (Wildman–Crippen LogP) is 1.54. The summed E-state index contributed by atoms with van der Waals surface area (Å²) in [5, 5.41) is 3.01. The molecule has 2 fully saturated rings. The van der Waals surface area contributed by atoms with Gasteiger partial charge in [0.15, 0.2) is 0 Å². The SMILES string of the molecule is O=C1C[C@H]2CC[C@@H](CN1)N2Cc1ccccc1. The molecule has 0 aromatic heterocycles. The highest BCUT2D eigenvalue weighted by Gasteiger charge is 2.36. The normalized spacial score (nSPS) is 28.8. The molecule has 0 unspecified atom stereocenters. The van der Waals surface area contributed by atoms with Gasteiger partial charge in [-0.15, -0.1) is 0 Å². The molecule has 2 saturated heterocycles. The summed E-state index contributed by atoms with van der Waals surface area (Å²) in [6.45, 7) is 1.80. The van der Waals surface area contributed by atoms with Crippen LogP contribution in [0, 0.1) is 0 Å². The third-order valence-corrected chi connectivity index (χ3v) is 3.93. The molecule has 0 aliphatic carbocycles. The average Bonchev–Trinajstić information content (AvgIpc) is 2.62. The molecular weight excluding hydrogens is 212 g/mol. The van der Waals surface area contributed by atoms with Crippen molar-refractivity contribution in [1.82, 2.24) is 10.2 Å². The topological polar surface area (TPSA) is 32.3 Å². The first-order chi connectivity index (χ1) is 8.33. The third-order valence-electron chi connectivity index (χ3n) is 3.93. The van der Waals surface area contributed by atoms with Gasteiger partial charge < -0.3 is 5.32 Å². The van der Waals surface area contributed by atoms with Crippen LogP contribution < -0.4 is 5.32 Å². The number of carbonyl (C=O) groups excluding carboxylic acids is 1. The molecule has 1 amide bonds. The summed E-state index contributed by atoms with van der Waals surface area (Å²) in [7, 11) is 0. The van der Waals surface area contributed by atoms with Gasteiger partial charge in [0.2, 0.25) is 5.91 Å². The van der Waals surface area contributed by atoms with E-state index in [0.29, 0.717) is 18.5 Å². The minimum Gasteiger partial charge on any atom is -0.354 e. The van der Waals surface area contributed by atoms with Crippen molar-refractivity contribution in [3.8, 4) is 0 Å². The second kappa shape index (κ2) is 4.49. The molecule has 2 aliphatic rings. The highest BCUT2D eigenvalue weighted by Crippen LogP contribution is 2.29. The molecule has 90 valence electrons. The maximum Gasteiger partial charge on any atom is 0.221 e. The van der Waals surface area contributed by atoms with E-state index in [4.69, 9.17) is 0 Å². The fourth-order valence-electron chi connectivity index (χ4n) is 3.02. The number of fused-ring (bicyclic) bond motifs is 2. The van der Waals surface area contributed by atoms with Gasteiger partial charge in [-0.05, 0) is 18.4 Å². The molecule has 0 saturated carbocycles. The Kier molecular flexibility index (Phi) is 2.85. The number of hydrogen-bond acceptors (Lipinski definition) is 2. The molecule has 3 heteroatoms. The van der Waals surface area contributed by atoms with Crippen LogP contribution in [-0.2, 0) is 11.3 Å². The molecule has 2 atom stereocenters. The predicted molar refractivity (Wildman–Crippen MR) is 66.4 cm³/mol. The lowest BCUT2D eigenvalue weighted by Crippen LogP contribution is -2.37. The zero-order chi connectivity index (χ0) is 11.7. The molecule has 17 heavy (non-hydrogen) atoms.